The molecule has 1 atom stereocenters. The van der Waals surface area contributed by atoms with Crippen LogP contribution in [-0.4, -0.2) is 29.6 Å². The maximum Gasteiger partial charge on any atom is 0.100 e. The molecule has 0 amide bonds. The highest BCUT2D eigenvalue weighted by Gasteiger charge is 2.22. The molecule has 0 aromatic heterocycles. The average molecular weight is 519 g/mol. The number of hydrogen-bond donors (Lipinski definition) is 0. The maximum absolute atomic E-state index is 2.63. The van der Waals surface area contributed by atoms with Crippen LogP contribution in [0.15, 0.2) is 12.4 Å². The molecule has 1 aliphatic heterocycles. The molecule has 2 nitrogen and oxygen atoms in total. The normalized spacial score (nSPS) is 15.4. The molecule has 220 valence electrons. The summed E-state index contributed by atoms with van der Waals surface area (Å²) in [5.74, 6) is 0. The van der Waals surface area contributed by atoms with E-state index in [4.69, 9.17) is 0 Å². The Morgan fingerprint density at radius 1 is 0.405 bits per heavy atom. The van der Waals surface area contributed by atoms with Gasteiger partial charge in [-0.15, -0.1) is 0 Å². The van der Waals surface area contributed by atoms with Crippen LogP contribution in [0.3, 0.4) is 0 Å². The standard InChI is InChI=1S/C35H70N2/c1-4-6-8-10-12-14-16-18-19-20-21-23-25-27-29-31-35-36(3)33-34-37(35)32-30-28-26-24-22-17-15-13-11-9-7-5-2/h33-35H,4-32H2,1-3H3. The predicted octanol–water partition coefficient (Wildman–Crippen LogP) is 12.0. The maximum atomic E-state index is 2.63. The Labute approximate surface area is 235 Å². The van der Waals surface area contributed by atoms with Crippen molar-refractivity contribution in [2.75, 3.05) is 13.6 Å². The van der Waals surface area contributed by atoms with Crippen LogP contribution in [-0.2, 0) is 0 Å². The van der Waals surface area contributed by atoms with E-state index in [-0.39, 0.29) is 0 Å². The second-order valence-corrected chi connectivity index (χ2v) is 12.3. The molecule has 37 heavy (non-hydrogen) atoms. The summed E-state index contributed by atoms with van der Waals surface area (Å²) in [7, 11) is 2.27. The van der Waals surface area contributed by atoms with E-state index in [2.05, 4.69) is 43.1 Å². The minimum Gasteiger partial charge on any atom is -0.359 e. The molecule has 0 aromatic rings. The summed E-state index contributed by atoms with van der Waals surface area (Å²) in [4.78, 5) is 5.07. The second kappa shape index (κ2) is 26.9. The van der Waals surface area contributed by atoms with Crippen LogP contribution in [0.4, 0.5) is 0 Å². The average Bonchev–Trinajstić information content (AvgIpc) is 3.25. The predicted molar refractivity (Wildman–Crippen MR) is 168 cm³/mol. The summed E-state index contributed by atoms with van der Waals surface area (Å²) in [5.41, 5.74) is 0. The Hall–Kier alpha value is -0.660. The largest absolute Gasteiger partial charge is 0.359 e. The summed E-state index contributed by atoms with van der Waals surface area (Å²) in [6, 6.07) is 0. The van der Waals surface area contributed by atoms with Crippen molar-refractivity contribution in [3.8, 4) is 0 Å². The third-order valence-electron chi connectivity index (χ3n) is 8.68. The van der Waals surface area contributed by atoms with Crippen LogP contribution in [0.5, 0.6) is 0 Å². The Morgan fingerprint density at radius 3 is 1.11 bits per heavy atom. The van der Waals surface area contributed by atoms with Gasteiger partial charge in [-0.05, 0) is 19.3 Å². The number of nitrogens with zero attached hydrogens (tertiary/aromatic N) is 2. The van der Waals surface area contributed by atoms with E-state index < -0.39 is 0 Å². The Bertz CT molecular complexity index is 474. The lowest BCUT2D eigenvalue weighted by Gasteiger charge is -2.30. The number of unbranched alkanes of at least 4 members (excludes halogenated alkanes) is 25. The van der Waals surface area contributed by atoms with E-state index >= 15 is 0 Å². The van der Waals surface area contributed by atoms with Gasteiger partial charge in [-0.25, -0.2) is 0 Å². The fourth-order valence-corrected chi connectivity index (χ4v) is 6.05. The molecule has 0 bridgehead atoms. The SMILES string of the molecule is CCCCCCCCCCCCCCCCCC1N(C)C=CN1CCCCCCCCCCCCCC. The van der Waals surface area contributed by atoms with Gasteiger partial charge in [0.1, 0.15) is 6.17 Å². The molecule has 1 aliphatic rings. The first-order valence-electron chi connectivity index (χ1n) is 17.5. The van der Waals surface area contributed by atoms with Crippen LogP contribution in [0, 0.1) is 0 Å². The molecule has 0 fully saturated rings. The van der Waals surface area contributed by atoms with Crippen LogP contribution < -0.4 is 0 Å². The zero-order valence-electron chi connectivity index (χ0n) is 26.1. The fourth-order valence-electron chi connectivity index (χ4n) is 6.05. The quantitative estimate of drug-likeness (QED) is 0.0908. The monoisotopic (exact) mass is 519 g/mol. The van der Waals surface area contributed by atoms with Gasteiger partial charge in [-0.2, -0.15) is 0 Å². The van der Waals surface area contributed by atoms with E-state index in [1.807, 2.05) is 0 Å². The van der Waals surface area contributed by atoms with Crippen molar-refractivity contribution in [3.63, 3.8) is 0 Å². The molecule has 1 rings (SSSR count). The zero-order valence-corrected chi connectivity index (χ0v) is 26.1. The first-order valence-corrected chi connectivity index (χ1v) is 17.5. The Balaban J connectivity index is 1.88. The first-order chi connectivity index (χ1) is 18.3. The molecule has 1 unspecified atom stereocenters. The molecular weight excluding hydrogens is 448 g/mol. The molecule has 0 aromatic carbocycles. The summed E-state index contributed by atoms with van der Waals surface area (Å²) in [5, 5.41) is 0. The van der Waals surface area contributed by atoms with Crippen molar-refractivity contribution < 1.29 is 0 Å². The molecule has 0 saturated heterocycles. The minimum atomic E-state index is 0.620. The van der Waals surface area contributed by atoms with E-state index in [0.29, 0.717) is 6.17 Å². The molecular formula is C35H70N2. The van der Waals surface area contributed by atoms with E-state index in [9.17, 15) is 0 Å². The zero-order chi connectivity index (χ0) is 26.7. The van der Waals surface area contributed by atoms with Crippen LogP contribution >= 0.6 is 0 Å². The summed E-state index contributed by atoms with van der Waals surface area (Å²) < 4.78 is 0. The fraction of sp³-hybridized carbons (Fsp3) is 0.943. The van der Waals surface area contributed by atoms with Crippen LogP contribution in [0.2, 0.25) is 0 Å². The Morgan fingerprint density at radius 2 is 0.730 bits per heavy atom. The van der Waals surface area contributed by atoms with Crippen molar-refractivity contribution in [1.29, 1.82) is 0 Å². The van der Waals surface area contributed by atoms with Crippen molar-refractivity contribution in [2.24, 2.45) is 0 Å². The van der Waals surface area contributed by atoms with Gasteiger partial charge >= 0.3 is 0 Å². The van der Waals surface area contributed by atoms with E-state index in [0.717, 1.165) is 0 Å². The van der Waals surface area contributed by atoms with Crippen molar-refractivity contribution in [1.82, 2.24) is 9.80 Å². The lowest BCUT2D eigenvalue weighted by Crippen LogP contribution is -2.37. The van der Waals surface area contributed by atoms with Crippen molar-refractivity contribution in [2.45, 2.75) is 200 Å². The van der Waals surface area contributed by atoms with Crippen LogP contribution in [0.25, 0.3) is 0 Å². The third kappa shape index (κ3) is 20.9. The summed E-state index contributed by atoms with van der Waals surface area (Å²) in [6.45, 7) is 5.86. The highest BCUT2D eigenvalue weighted by molar-refractivity contribution is 4.95. The molecule has 0 saturated carbocycles. The molecule has 0 N–H and O–H groups in total. The minimum absolute atomic E-state index is 0.620. The van der Waals surface area contributed by atoms with E-state index in [1.54, 1.807) is 0 Å². The molecule has 0 spiro atoms. The first kappa shape index (κ1) is 34.4. The topological polar surface area (TPSA) is 6.48 Å². The van der Waals surface area contributed by atoms with E-state index in [1.165, 1.54) is 186 Å². The highest BCUT2D eigenvalue weighted by atomic mass is 15.4. The lowest BCUT2D eigenvalue weighted by atomic mass is 10.0. The number of rotatable bonds is 29. The highest BCUT2D eigenvalue weighted by Crippen LogP contribution is 2.22. The van der Waals surface area contributed by atoms with Gasteiger partial charge in [0.2, 0.25) is 0 Å². The van der Waals surface area contributed by atoms with Crippen molar-refractivity contribution in [3.05, 3.63) is 12.4 Å². The third-order valence-corrected chi connectivity index (χ3v) is 8.68. The van der Waals surface area contributed by atoms with Crippen molar-refractivity contribution >= 4 is 0 Å². The summed E-state index contributed by atoms with van der Waals surface area (Å²) in [6.07, 6.45) is 45.6. The molecule has 0 radical (unpaired) electrons. The van der Waals surface area contributed by atoms with Gasteiger partial charge in [0, 0.05) is 26.0 Å². The molecule has 2 heteroatoms. The van der Waals surface area contributed by atoms with Crippen LogP contribution in [0.1, 0.15) is 194 Å². The second-order valence-electron chi connectivity index (χ2n) is 12.3. The lowest BCUT2D eigenvalue weighted by molar-refractivity contribution is 0.159. The molecule has 1 heterocycles. The van der Waals surface area contributed by atoms with Gasteiger partial charge in [-0.3, -0.25) is 0 Å². The summed E-state index contributed by atoms with van der Waals surface area (Å²) >= 11 is 0. The van der Waals surface area contributed by atoms with Gasteiger partial charge in [0.25, 0.3) is 0 Å². The smallest absolute Gasteiger partial charge is 0.100 e. The Kier molecular flexibility index (Phi) is 25.0. The van der Waals surface area contributed by atoms with Gasteiger partial charge in [-0.1, -0.05) is 174 Å². The molecule has 0 aliphatic carbocycles. The van der Waals surface area contributed by atoms with Gasteiger partial charge in [0.15, 0.2) is 0 Å². The van der Waals surface area contributed by atoms with Gasteiger partial charge in [0.05, 0.1) is 0 Å². The van der Waals surface area contributed by atoms with Gasteiger partial charge < -0.3 is 9.80 Å². The number of hydrogen-bond acceptors (Lipinski definition) is 2.